The summed E-state index contributed by atoms with van der Waals surface area (Å²) in [5.41, 5.74) is 0.459. The highest BCUT2D eigenvalue weighted by molar-refractivity contribution is 5.12. The molecule has 192 valence electrons. The molecule has 4 fully saturated rings. The Hall–Kier alpha value is -0.120. The van der Waals surface area contributed by atoms with E-state index in [1.54, 1.807) is 0 Å². The molecule has 0 aromatic rings. The zero-order valence-electron chi connectivity index (χ0n) is 22.6. The molecule has 0 bridgehead atoms. The van der Waals surface area contributed by atoms with Crippen LogP contribution in [0.15, 0.2) is 0 Å². The molecule has 0 aromatic carbocycles. The van der Waals surface area contributed by atoms with E-state index in [0.717, 1.165) is 32.1 Å². The summed E-state index contributed by atoms with van der Waals surface area (Å²) in [4.78, 5) is 0. The van der Waals surface area contributed by atoms with Crippen molar-refractivity contribution in [3.05, 3.63) is 0 Å². The fourth-order valence-corrected chi connectivity index (χ4v) is 10.4. The monoisotopic (exact) mass is 462 g/mol. The highest BCUT2D eigenvalue weighted by atomic mass is 16.3. The summed E-state index contributed by atoms with van der Waals surface area (Å²) in [5.74, 6) is 4.60. The molecule has 0 aliphatic heterocycles. The van der Waals surface area contributed by atoms with Gasteiger partial charge in [0.15, 0.2) is 0 Å². The Morgan fingerprint density at radius 2 is 1.52 bits per heavy atom. The van der Waals surface area contributed by atoms with E-state index >= 15 is 0 Å². The average molecular weight is 463 g/mol. The smallest absolute Gasteiger partial charge is 0.0580 e. The lowest BCUT2D eigenvalue weighted by Crippen LogP contribution is -2.60. The summed E-state index contributed by atoms with van der Waals surface area (Å²) in [6, 6.07) is 0. The summed E-state index contributed by atoms with van der Waals surface area (Å²) in [5, 5.41) is 33.2. The molecule has 3 nitrogen and oxygen atoms in total. The molecule has 4 aliphatic rings. The van der Waals surface area contributed by atoms with E-state index in [4.69, 9.17) is 0 Å². The lowest BCUT2D eigenvalue weighted by atomic mass is 9.42. The van der Waals surface area contributed by atoms with E-state index in [1.165, 1.54) is 25.7 Å². The molecule has 0 amide bonds. The van der Waals surface area contributed by atoms with Crippen LogP contribution in [-0.4, -0.2) is 33.6 Å². The molecule has 4 rings (SSSR count). The average Bonchev–Trinajstić information content (AvgIpc) is 3.11. The lowest BCUT2D eigenvalue weighted by Gasteiger charge is -2.63. The minimum Gasteiger partial charge on any atom is -0.393 e. The summed E-state index contributed by atoms with van der Waals surface area (Å²) < 4.78 is 0. The van der Waals surface area contributed by atoms with Crippen molar-refractivity contribution < 1.29 is 15.3 Å². The SMILES string of the molecule is CCC(CC(O)C(C)C1CCC2C3CC(O)C4C(C)C(O)CCC4(C)C3CCC12C)C(C)C. The van der Waals surface area contributed by atoms with Crippen LogP contribution in [0.25, 0.3) is 0 Å². The second-order valence-corrected chi connectivity index (χ2v) is 14.0. The quantitative estimate of drug-likeness (QED) is 0.434. The van der Waals surface area contributed by atoms with Crippen molar-refractivity contribution in [3.63, 3.8) is 0 Å². The van der Waals surface area contributed by atoms with Crippen LogP contribution in [0, 0.1) is 64.1 Å². The fourth-order valence-electron chi connectivity index (χ4n) is 10.4. The number of hydrogen-bond donors (Lipinski definition) is 3. The van der Waals surface area contributed by atoms with Gasteiger partial charge in [-0.3, -0.25) is 0 Å². The van der Waals surface area contributed by atoms with Gasteiger partial charge >= 0.3 is 0 Å². The van der Waals surface area contributed by atoms with Crippen LogP contribution < -0.4 is 0 Å². The van der Waals surface area contributed by atoms with Crippen molar-refractivity contribution in [2.75, 3.05) is 0 Å². The van der Waals surface area contributed by atoms with Gasteiger partial charge in [-0.25, -0.2) is 0 Å². The van der Waals surface area contributed by atoms with Gasteiger partial charge in [-0.2, -0.15) is 0 Å². The second-order valence-electron chi connectivity index (χ2n) is 14.0. The predicted octanol–water partition coefficient (Wildman–Crippen LogP) is 6.29. The topological polar surface area (TPSA) is 60.7 Å². The van der Waals surface area contributed by atoms with Gasteiger partial charge < -0.3 is 15.3 Å². The first kappa shape index (κ1) is 26.0. The number of hydrogen-bond acceptors (Lipinski definition) is 3. The third-order valence-electron chi connectivity index (χ3n) is 12.5. The first-order chi connectivity index (χ1) is 15.5. The Morgan fingerprint density at radius 3 is 2.15 bits per heavy atom. The molecule has 0 saturated heterocycles. The molecule has 13 atom stereocenters. The summed E-state index contributed by atoms with van der Waals surface area (Å²) in [7, 11) is 0. The molecule has 4 saturated carbocycles. The molecule has 0 heterocycles. The van der Waals surface area contributed by atoms with Crippen molar-refractivity contribution in [2.24, 2.45) is 64.1 Å². The first-order valence-corrected chi connectivity index (χ1v) is 14.5. The van der Waals surface area contributed by atoms with Crippen molar-refractivity contribution in [2.45, 2.75) is 125 Å². The molecule has 33 heavy (non-hydrogen) atoms. The van der Waals surface area contributed by atoms with Crippen LogP contribution in [0.3, 0.4) is 0 Å². The van der Waals surface area contributed by atoms with Crippen LogP contribution in [-0.2, 0) is 0 Å². The highest BCUT2D eigenvalue weighted by Gasteiger charge is 2.63. The van der Waals surface area contributed by atoms with Crippen LogP contribution in [0.5, 0.6) is 0 Å². The molecule has 0 aromatic heterocycles. The molecule has 4 aliphatic carbocycles. The van der Waals surface area contributed by atoms with Gasteiger partial charge in [0.2, 0.25) is 0 Å². The van der Waals surface area contributed by atoms with Gasteiger partial charge in [0.1, 0.15) is 0 Å². The molecule has 13 unspecified atom stereocenters. The maximum Gasteiger partial charge on any atom is 0.0580 e. The van der Waals surface area contributed by atoms with Crippen LogP contribution >= 0.6 is 0 Å². The zero-order chi connectivity index (χ0) is 24.3. The Labute approximate surface area is 204 Å². The lowest BCUT2D eigenvalue weighted by molar-refractivity contribution is -0.192. The van der Waals surface area contributed by atoms with Gasteiger partial charge in [-0.15, -0.1) is 0 Å². The van der Waals surface area contributed by atoms with E-state index in [1.807, 2.05) is 0 Å². The minimum absolute atomic E-state index is 0.164. The summed E-state index contributed by atoms with van der Waals surface area (Å²) in [6.45, 7) is 16.4. The van der Waals surface area contributed by atoms with Crippen molar-refractivity contribution in [1.82, 2.24) is 0 Å². The van der Waals surface area contributed by atoms with Gasteiger partial charge in [-0.05, 0) is 115 Å². The normalized spacial score (nSPS) is 50.3. The van der Waals surface area contributed by atoms with Crippen LogP contribution in [0.1, 0.15) is 106 Å². The van der Waals surface area contributed by atoms with Gasteiger partial charge in [-0.1, -0.05) is 54.9 Å². The van der Waals surface area contributed by atoms with E-state index < -0.39 is 0 Å². The molecule has 0 radical (unpaired) electrons. The Balaban J connectivity index is 1.53. The first-order valence-electron chi connectivity index (χ1n) is 14.5. The minimum atomic E-state index is -0.276. The van der Waals surface area contributed by atoms with Crippen molar-refractivity contribution in [3.8, 4) is 0 Å². The number of fused-ring (bicyclic) bond motifs is 5. The van der Waals surface area contributed by atoms with E-state index in [9.17, 15) is 15.3 Å². The molecule has 3 N–H and O–H groups in total. The van der Waals surface area contributed by atoms with Crippen LogP contribution in [0.4, 0.5) is 0 Å². The Morgan fingerprint density at radius 1 is 0.879 bits per heavy atom. The maximum absolute atomic E-state index is 11.4. The number of aliphatic hydroxyl groups excluding tert-OH is 3. The largest absolute Gasteiger partial charge is 0.393 e. The predicted molar refractivity (Wildman–Crippen MR) is 136 cm³/mol. The fraction of sp³-hybridized carbons (Fsp3) is 1.00. The van der Waals surface area contributed by atoms with Crippen LogP contribution in [0.2, 0.25) is 0 Å². The van der Waals surface area contributed by atoms with E-state index in [2.05, 4.69) is 48.5 Å². The Bertz CT molecular complexity index is 677. The highest BCUT2D eigenvalue weighted by Crippen LogP contribution is 2.69. The number of aliphatic hydroxyl groups is 3. The van der Waals surface area contributed by atoms with Gasteiger partial charge in [0.05, 0.1) is 18.3 Å². The third kappa shape index (κ3) is 4.14. The molecular weight excluding hydrogens is 408 g/mol. The number of rotatable bonds is 6. The standard InChI is InChI=1S/C30H54O3/c1-8-20(17(2)3)15-26(32)18(4)22-9-10-23-21-16-27(33)28-19(5)25(31)12-14-30(28,7)24(21)11-13-29(22,23)6/h17-28,31-33H,8-16H2,1-7H3. The summed E-state index contributed by atoms with van der Waals surface area (Å²) in [6.07, 6.45) is 9.31. The maximum atomic E-state index is 11.4. The van der Waals surface area contributed by atoms with Gasteiger partial charge in [0, 0.05) is 0 Å². The zero-order valence-corrected chi connectivity index (χ0v) is 22.6. The van der Waals surface area contributed by atoms with Crippen molar-refractivity contribution >= 4 is 0 Å². The second kappa shape index (κ2) is 9.40. The third-order valence-corrected chi connectivity index (χ3v) is 12.5. The van der Waals surface area contributed by atoms with Gasteiger partial charge in [0.25, 0.3) is 0 Å². The Kier molecular flexibility index (Phi) is 7.39. The van der Waals surface area contributed by atoms with Crippen molar-refractivity contribution in [1.29, 1.82) is 0 Å². The van der Waals surface area contributed by atoms with E-state index in [0.29, 0.717) is 46.8 Å². The van der Waals surface area contributed by atoms with E-state index in [-0.39, 0.29) is 35.6 Å². The molecule has 3 heteroatoms. The molecular formula is C30H54O3. The summed E-state index contributed by atoms with van der Waals surface area (Å²) >= 11 is 0. The molecule has 0 spiro atoms.